The number of ketones is 1. The van der Waals surface area contributed by atoms with Gasteiger partial charge in [0.2, 0.25) is 0 Å². The van der Waals surface area contributed by atoms with Crippen LogP contribution in [0.5, 0.6) is 0 Å². The van der Waals surface area contributed by atoms with Gasteiger partial charge in [-0.3, -0.25) is 9.59 Å². The molecular weight excluding hydrogens is 244 g/mol. The highest BCUT2D eigenvalue weighted by molar-refractivity contribution is 5.99. The number of aliphatic carboxylic acids is 1. The van der Waals surface area contributed by atoms with Crippen LogP contribution in [0.3, 0.4) is 0 Å². The van der Waals surface area contributed by atoms with E-state index in [-0.39, 0.29) is 12.2 Å². The van der Waals surface area contributed by atoms with Crippen LogP contribution < -0.4 is 0 Å². The van der Waals surface area contributed by atoms with Crippen LogP contribution in [0.4, 0.5) is 0 Å². The van der Waals surface area contributed by atoms with Gasteiger partial charge in [-0.15, -0.1) is 0 Å². The first-order valence-corrected chi connectivity index (χ1v) is 5.92. The lowest BCUT2D eigenvalue weighted by atomic mass is 9.96. The lowest BCUT2D eigenvalue weighted by Crippen LogP contribution is -2.15. The molecule has 2 rings (SSSR count). The minimum absolute atomic E-state index is 0.151. The first-order chi connectivity index (χ1) is 9.08. The van der Waals surface area contributed by atoms with E-state index in [0.717, 1.165) is 5.69 Å². The summed E-state index contributed by atoms with van der Waals surface area (Å²) in [4.78, 5) is 26.5. The minimum Gasteiger partial charge on any atom is -0.481 e. The Kier molecular flexibility index (Phi) is 3.75. The second kappa shape index (κ2) is 5.48. The third-order valence-corrected chi connectivity index (χ3v) is 2.88. The second-order valence-corrected chi connectivity index (χ2v) is 4.38. The zero-order valence-corrected chi connectivity index (χ0v) is 10.5. The fraction of sp³-hybridized carbons (Fsp3) is 0.214. The van der Waals surface area contributed by atoms with E-state index >= 15 is 0 Å². The Hall–Kier alpha value is -2.43. The van der Waals surface area contributed by atoms with E-state index in [4.69, 9.17) is 5.11 Å². The van der Waals surface area contributed by atoms with Gasteiger partial charge in [0.25, 0.3) is 0 Å². The van der Waals surface area contributed by atoms with E-state index in [1.54, 1.807) is 31.6 Å². The Labute approximate surface area is 110 Å². The van der Waals surface area contributed by atoms with Crippen LogP contribution in [0.25, 0.3) is 5.69 Å². The van der Waals surface area contributed by atoms with Crippen molar-refractivity contribution in [3.8, 4) is 5.69 Å². The summed E-state index contributed by atoms with van der Waals surface area (Å²) in [5, 5.41) is 8.69. The van der Waals surface area contributed by atoms with Crippen LogP contribution in [-0.2, 0) is 4.79 Å². The SMILES string of the molecule is C[C@H](CC(=O)O)C(=O)c1ccc(-n2ccnc2)cc1. The highest BCUT2D eigenvalue weighted by atomic mass is 16.4. The van der Waals surface area contributed by atoms with Crippen LogP contribution in [0, 0.1) is 5.92 Å². The quantitative estimate of drug-likeness (QED) is 0.834. The van der Waals surface area contributed by atoms with Crippen molar-refractivity contribution in [2.45, 2.75) is 13.3 Å². The van der Waals surface area contributed by atoms with Crippen molar-refractivity contribution in [3.63, 3.8) is 0 Å². The summed E-state index contributed by atoms with van der Waals surface area (Å²) in [5.74, 6) is -1.63. The van der Waals surface area contributed by atoms with Crippen molar-refractivity contribution >= 4 is 11.8 Å². The van der Waals surface area contributed by atoms with Crippen molar-refractivity contribution in [1.29, 1.82) is 0 Å². The number of Topliss-reactive ketones (excluding diaryl/α,β-unsaturated/α-hetero) is 1. The summed E-state index contributed by atoms with van der Waals surface area (Å²) in [5.41, 5.74) is 1.43. The fourth-order valence-electron chi connectivity index (χ4n) is 1.85. The standard InChI is InChI=1S/C14H14N2O3/c1-10(8-13(17)18)14(19)11-2-4-12(5-3-11)16-7-6-15-9-16/h2-7,9-10H,8H2,1H3,(H,17,18)/t10-/m1/s1. The molecule has 1 N–H and O–H groups in total. The van der Waals surface area contributed by atoms with E-state index < -0.39 is 11.9 Å². The Morgan fingerprint density at radius 2 is 2.00 bits per heavy atom. The Bertz CT molecular complexity index is 573. The fourth-order valence-corrected chi connectivity index (χ4v) is 1.85. The first kappa shape index (κ1) is 13.0. The maximum atomic E-state index is 12.0. The largest absolute Gasteiger partial charge is 0.481 e. The molecule has 0 saturated carbocycles. The summed E-state index contributed by atoms with van der Waals surface area (Å²) in [6.07, 6.45) is 5.00. The molecule has 1 atom stereocenters. The van der Waals surface area contributed by atoms with E-state index in [9.17, 15) is 9.59 Å². The number of carbonyl (C=O) groups is 2. The van der Waals surface area contributed by atoms with Crippen LogP contribution in [0.15, 0.2) is 43.0 Å². The van der Waals surface area contributed by atoms with Crippen molar-refractivity contribution in [2.75, 3.05) is 0 Å². The molecular formula is C14H14N2O3. The molecule has 1 heterocycles. The molecule has 2 aromatic rings. The molecule has 0 unspecified atom stereocenters. The summed E-state index contributed by atoms with van der Waals surface area (Å²) < 4.78 is 1.83. The molecule has 0 bridgehead atoms. The average molecular weight is 258 g/mol. The van der Waals surface area contributed by atoms with Gasteiger partial charge in [-0.1, -0.05) is 6.92 Å². The zero-order chi connectivity index (χ0) is 13.8. The van der Waals surface area contributed by atoms with Gasteiger partial charge in [-0.05, 0) is 24.3 Å². The highest BCUT2D eigenvalue weighted by Crippen LogP contribution is 2.15. The molecule has 1 aromatic carbocycles. The second-order valence-electron chi connectivity index (χ2n) is 4.38. The molecule has 0 aliphatic rings. The summed E-state index contributed by atoms with van der Waals surface area (Å²) in [6.45, 7) is 1.63. The smallest absolute Gasteiger partial charge is 0.304 e. The molecule has 19 heavy (non-hydrogen) atoms. The number of hydrogen-bond acceptors (Lipinski definition) is 3. The maximum Gasteiger partial charge on any atom is 0.304 e. The molecule has 0 aliphatic carbocycles. The van der Waals surface area contributed by atoms with E-state index in [0.29, 0.717) is 5.56 Å². The molecule has 1 aromatic heterocycles. The number of aromatic nitrogens is 2. The maximum absolute atomic E-state index is 12.0. The van der Waals surface area contributed by atoms with Gasteiger partial charge < -0.3 is 9.67 Å². The number of imidazole rings is 1. The van der Waals surface area contributed by atoms with E-state index in [2.05, 4.69) is 4.98 Å². The number of carbonyl (C=O) groups excluding carboxylic acids is 1. The van der Waals surface area contributed by atoms with Crippen LogP contribution in [0.2, 0.25) is 0 Å². The molecule has 5 nitrogen and oxygen atoms in total. The number of benzene rings is 1. The van der Waals surface area contributed by atoms with Crippen molar-refractivity contribution < 1.29 is 14.7 Å². The highest BCUT2D eigenvalue weighted by Gasteiger charge is 2.18. The van der Waals surface area contributed by atoms with Crippen LogP contribution in [0.1, 0.15) is 23.7 Å². The van der Waals surface area contributed by atoms with Gasteiger partial charge in [0.05, 0.1) is 12.7 Å². The molecule has 0 aliphatic heterocycles. The lowest BCUT2D eigenvalue weighted by molar-refractivity contribution is -0.137. The van der Waals surface area contributed by atoms with Gasteiger partial charge in [-0.2, -0.15) is 0 Å². The molecule has 0 saturated heterocycles. The monoisotopic (exact) mass is 258 g/mol. The van der Waals surface area contributed by atoms with Gasteiger partial charge in [0, 0.05) is 29.6 Å². The lowest BCUT2D eigenvalue weighted by Gasteiger charge is -2.08. The van der Waals surface area contributed by atoms with Crippen molar-refractivity contribution in [1.82, 2.24) is 9.55 Å². The Morgan fingerprint density at radius 1 is 1.32 bits per heavy atom. The normalized spacial score (nSPS) is 12.1. The van der Waals surface area contributed by atoms with E-state index in [1.807, 2.05) is 22.9 Å². The number of carboxylic acids is 1. The van der Waals surface area contributed by atoms with Gasteiger partial charge in [-0.25, -0.2) is 4.98 Å². The van der Waals surface area contributed by atoms with Crippen LogP contribution >= 0.6 is 0 Å². The molecule has 5 heteroatoms. The predicted octanol–water partition coefficient (Wildman–Crippen LogP) is 2.17. The minimum atomic E-state index is -0.962. The Morgan fingerprint density at radius 3 is 2.53 bits per heavy atom. The molecule has 98 valence electrons. The van der Waals surface area contributed by atoms with Gasteiger partial charge in [0.15, 0.2) is 5.78 Å². The average Bonchev–Trinajstić information content (AvgIpc) is 2.91. The van der Waals surface area contributed by atoms with Gasteiger partial charge >= 0.3 is 5.97 Å². The number of rotatable bonds is 5. The zero-order valence-electron chi connectivity index (χ0n) is 10.5. The first-order valence-electron chi connectivity index (χ1n) is 5.92. The van der Waals surface area contributed by atoms with Gasteiger partial charge in [0.1, 0.15) is 0 Å². The third-order valence-electron chi connectivity index (χ3n) is 2.88. The number of hydrogen-bond donors (Lipinski definition) is 1. The molecule has 0 spiro atoms. The van der Waals surface area contributed by atoms with Crippen molar-refractivity contribution in [3.05, 3.63) is 48.5 Å². The van der Waals surface area contributed by atoms with Crippen LogP contribution in [-0.4, -0.2) is 26.4 Å². The summed E-state index contributed by atoms with van der Waals surface area (Å²) in [6, 6.07) is 7.02. The summed E-state index contributed by atoms with van der Waals surface area (Å²) in [7, 11) is 0. The third kappa shape index (κ3) is 3.07. The topological polar surface area (TPSA) is 72.2 Å². The molecule has 0 fully saturated rings. The number of nitrogens with zero attached hydrogens (tertiary/aromatic N) is 2. The number of carboxylic acid groups (broad SMARTS) is 1. The summed E-state index contributed by atoms with van der Waals surface area (Å²) >= 11 is 0. The van der Waals surface area contributed by atoms with E-state index in [1.165, 1.54) is 0 Å². The van der Waals surface area contributed by atoms with Crippen molar-refractivity contribution in [2.24, 2.45) is 5.92 Å². The predicted molar refractivity (Wildman–Crippen MR) is 69.3 cm³/mol. The Balaban J connectivity index is 2.14. The molecule has 0 radical (unpaired) electrons. The molecule has 0 amide bonds.